The van der Waals surface area contributed by atoms with E-state index in [0.717, 1.165) is 60.0 Å². The number of nitrogens with zero attached hydrogens (tertiary/aromatic N) is 2. The molecule has 0 aliphatic heterocycles. The van der Waals surface area contributed by atoms with Gasteiger partial charge in [-0.1, -0.05) is 147 Å². The maximum atomic E-state index is 13.3. The summed E-state index contributed by atoms with van der Waals surface area (Å²) in [4.78, 5) is 29.9. The highest BCUT2D eigenvalue weighted by Crippen LogP contribution is 2.44. The van der Waals surface area contributed by atoms with Crippen molar-refractivity contribution in [3.63, 3.8) is 0 Å². The van der Waals surface area contributed by atoms with E-state index in [1.165, 1.54) is 54.2 Å². The van der Waals surface area contributed by atoms with E-state index in [1.807, 2.05) is 18.2 Å². The number of benzene rings is 9. The molecular weight excluding hydrogens is 879 g/mol. The number of nitrogens with one attached hydrogen (secondary N) is 1. The lowest BCUT2D eigenvalue weighted by Gasteiger charge is -2.33. The average Bonchev–Trinajstić information content (AvgIpc) is 3.95. The van der Waals surface area contributed by atoms with Crippen LogP contribution in [-0.4, -0.2) is 47.1 Å². The van der Waals surface area contributed by atoms with Crippen molar-refractivity contribution in [2.75, 3.05) is 25.5 Å². The van der Waals surface area contributed by atoms with Gasteiger partial charge in [0.15, 0.2) is 4.34 Å². The van der Waals surface area contributed by atoms with E-state index in [9.17, 15) is 9.59 Å². The van der Waals surface area contributed by atoms with Crippen LogP contribution in [0.1, 0.15) is 13.3 Å². The van der Waals surface area contributed by atoms with Gasteiger partial charge in [0.1, 0.15) is 13.2 Å². The molecule has 68 heavy (non-hydrogen) atoms. The topological polar surface area (TPSA) is 82.4 Å². The normalized spacial score (nSPS) is 12.6. The monoisotopic (exact) mass is 925 g/mol. The number of alkyl carbamates (subject to hydrolysis) is 1. The molecule has 11 aromatic rings. The van der Waals surface area contributed by atoms with E-state index in [4.69, 9.17) is 14.5 Å². The number of aromatic nitrogens is 2. The summed E-state index contributed by atoms with van der Waals surface area (Å²) >= 11 is 3.39. The van der Waals surface area contributed by atoms with Crippen molar-refractivity contribution in [2.45, 2.75) is 24.2 Å². The van der Waals surface area contributed by atoms with Gasteiger partial charge >= 0.3 is 12.1 Å². The third-order valence-electron chi connectivity index (χ3n) is 13.3. The number of ether oxygens (including phenoxy) is 2. The van der Waals surface area contributed by atoms with Crippen LogP contribution in [0.2, 0.25) is 0 Å². The lowest BCUT2D eigenvalue weighted by Crippen LogP contribution is -2.38. The van der Waals surface area contributed by atoms with E-state index in [0.29, 0.717) is 12.3 Å². The molecule has 9 aromatic carbocycles. The minimum Gasteiger partial charge on any atom is -0.461 e. The zero-order valence-electron chi connectivity index (χ0n) is 37.5. The van der Waals surface area contributed by atoms with Crippen LogP contribution < -0.4 is 5.32 Å². The maximum absolute atomic E-state index is 13.3. The second-order valence-electron chi connectivity index (χ2n) is 17.4. The van der Waals surface area contributed by atoms with Gasteiger partial charge in [0.25, 0.3) is 0 Å². The minimum absolute atomic E-state index is 0.0155. The summed E-state index contributed by atoms with van der Waals surface area (Å²) in [5.41, 5.74) is 7.33. The van der Waals surface area contributed by atoms with E-state index in [-0.39, 0.29) is 19.8 Å². The molecule has 2 heterocycles. The fourth-order valence-corrected chi connectivity index (χ4v) is 12.1. The van der Waals surface area contributed by atoms with Crippen molar-refractivity contribution in [1.82, 2.24) is 14.9 Å². The summed E-state index contributed by atoms with van der Waals surface area (Å²) in [7, 11) is 0. The number of hydrogen-bond donors (Lipinski definition) is 1. The third kappa shape index (κ3) is 8.12. The number of hydrogen-bond acceptors (Lipinski definition) is 7. The summed E-state index contributed by atoms with van der Waals surface area (Å²) in [5.74, 6) is 0.107. The Kier molecular flexibility index (Phi) is 11.6. The highest BCUT2D eigenvalue weighted by atomic mass is 32.2. The van der Waals surface area contributed by atoms with Gasteiger partial charge in [0, 0.05) is 45.6 Å². The molecule has 0 aliphatic carbocycles. The Morgan fingerprint density at radius 3 is 1.78 bits per heavy atom. The van der Waals surface area contributed by atoms with Gasteiger partial charge < -0.3 is 19.4 Å². The zero-order valence-corrected chi connectivity index (χ0v) is 39.2. The van der Waals surface area contributed by atoms with E-state index >= 15 is 0 Å². The highest BCUT2D eigenvalue weighted by Gasteiger charge is 2.33. The first-order valence-corrected chi connectivity index (χ1v) is 24.7. The molecule has 0 radical (unpaired) electrons. The largest absolute Gasteiger partial charge is 0.461 e. The van der Waals surface area contributed by atoms with Gasteiger partial charge in [-0.15, -0.1) is 11.3 Å². The van der Waals surface area contributed by atoms with Crippen LogP contribution in [0.5, 0.6) is 0 Å². The molecule has 11 rings (SSSR count). The first kappa shape index (κ1) is 43.1. The number of thiazole rings is 1. The Bertz CT molecular complexity index is 3550. The van der Waals surface area contributed by atoms with Gasteiger partial charge in [-0.25, -0.2) is 14.6 Å². The quantitative estimate of drug-likeness (QED) is 0.0385. The van der Waals surface area contributed by atoms with Crippen LogP contribution >= 0.6 is 23.1 Å². The number of para-hydroxylation sites is 1. The Morgan fingerprint density at radius 2 is 1.21 bits per heavy atom. The van der Waals surface area contributed by atoms with Crippen molar-refractivity contribution < 1.29 is 19.1 Å². The number of esters is 1. The van der Waals surface area contributed by atoms with E-state index in [2.05, 4.69) is 175 Å². The molecule has 0 saturated heterocycles. The second-order valence-corrected chi connectivity index (χ2v) is 19.6. The number of carbonyl (C=O) groups is 2. The van der Waals surface area contributed by atoms with Crippen LogP contribution in [0.4, 0.5) is 4.79 Å². The van der Waals surface area contributed by atoms with Crippen LogP contribution in [-0.2, 0) is 20.8 Å². The number of thioether (sulfide) groups is 1. The van der Waals surface area contributed by atoms with Crippen LogP contribution in [0, 0.1) is 5.41 Å². The predicted molar refractivity (Wildman–Crippen MR) is 284 cm³/mol. The molecule has 0 fully saturated rings. The molecule has 2 aromatic heterocycles. The molecule has 0 saturated carbocycles. The number of amides is 1. The molecule has 0 bridgehead atoms. The van der Waals surface area contributed by atoms with Crippen LogP contribution in [0.3, 0.4) is 0 Å². The first-order chi connectivity index (χ1) is 33.4. The van der Waals surface area contributed by atoms with Crippen molar-refractivity contribution in [2.24, 2.45) is 5.41 Å². The molecule has 1 N–H and O–H groups in total. The van der Waals surface area contributed by atoms with Crippen molar-refractivity contribution in [1.29, 1.82) is 0 Å². The minimum atomic E-state index is -0.566. The van der Waals surface area contributed by atoms with E-state index < -0.39 is 17.5 Å². The summed E-state index contributed by atoms with van der Waals surface area (Å²) in [6.07, 6.45) is 1.26. The molecule has 334 valence electrons. The van der Waals surface area contributed by atoms with Crippen molar-refractivity contribution in [3.8, 4) is 22.3 Å². The van der Waals surface area contributed by atoms with Crippen molar-refractivity contribution >= 4 is 110 Å². The lowest BCUT2D eigenvalue weighted by molar-refractivity contribution is -0.137. The molecule has 1 unspecified atom stereocenters. The second kappa shape index (κ2) is 18.3. The molecule has 9 heteroatoms. The average molecular weight is 926 g/mol. The first-order valence-electron chi connectivity index (χ1n) is 22.9. The number of fused-ring (bicyclic) bond motifs is 10. The highest BCUT2D eigenvalue weighted by molar-refractivity contribution is 8.01. The fourth-order valence-electron chi connectivity index (χ4n) is 9.74. The van der Waals surface area contributed by atoms with Gasteiger partial charge in [-0.2, -0.15) is 0 Å². The molecule has 7 nitrogen and oxygen atoms in total. The maximum Gasteiger partial charge on any atom is 0.407 e. The number of carbonyl (C=O) groups excluding carboxylic acids is 2. The predicted octanol–water partition coefficient (Wildman–Crippen LogP) is 15.0. The van der Waals surface area contributed by atoms with Crippen LogP contribution in [0.15, 0.2) is 187 Å². The fraction of sp³-hybridized carbons (Fsp3) is 0.136. The molecule has 1 amide bonds. The molecule has 0 aliphatic rings. The van der Waals surface area contributed by atoms with Gasteiger partial charge in [0.05, 0.1) is 16.8 Å². The Hall–Kier alpha value is -7.46. The summed E-state index contributed by atoms with van der Waals surface area (Å²) < 4.78 is 15.7. The third-order valence-corrected chi connectivity index (χ3v) is 15.9. The number of rotatable bonds is 14. The molecule has 1 atom stereocenters. The summed E-state index contributed by atoms with van der Waals surface area (Å²) in [6, 6.07) is 61.4. The smallest absolute Gasteiger partial charge is 0.407 e. The van der Waals surface area contributed by atoms with Gasteiger partial charge in [-0.3, -0.25) is 0 Å². The molecular formula is C59H47N3O4S2. The SMILES string of the molecule is C=CC(=O)OCCNC(=O)OCC(CC)(CSc1nc2ccccc2s1)Cn1c2ccc(-c3cc4ccccc4c4ccccc34)cc2c2cc(-c3cc4ccccc4c4ccccc34)ccc21. The zero-order chi connectivity index (χ0) is 46.2. The van der Waals surface area contributed by atoms with Crippen LogP contribution in [0.25, 0.3) is 97.4 Å². The van der Waals surface area contributed by atoms with Gasteiger partial charge in [0.2, 0.25) is 0 Å². The Balaban J connectivity index is 1.06. The Morgan fingerprint density at radius 1 is 0.662 bits per heavy atom. The molecule has 0 spiro atoms. The standard InChI is InChI=1S/C59H47N3O4S2/c1-3-56(63)65-30-29-60-57(64)66-36-59(4-2,37-67-58-61-52-23-13-14-24-55(52)68-58)35-62-53-27-25-40(48-31-38-15-5-7-17-42(38)44-19-9-11-21-46(44)48)33-50(53)51-34-41(26-28-54(51)62)49-32-39-16-6-8-18-43(39)45-20-10-12-22-47(45)49/h3,5-28,31-34H,1,4,29-30,35-37H2,2H3,(H,60,64). The van der Waals surface area contributed by atoms with Crippen molar-refractivity contribution in [3.05, 3.63) is 183 Å². The lowest BCUT2D eigenvalue weighted by atomic mass is 9.88. The Labute approximate surface area is 402 Å². The van der Waals surface area contributed by atoms with Gasteiger partial charge in [-0.05, 0) is 120 Å². The van der Waals surface area contributed by atoms with E-state index in [1.54, 1.807) is 23.1 Å². The summed E-state index contributed by atoms with van der Waals surface area (Å²) in [6.45, 7) is 6.48. The summed E-state index contributed by atoms with van der Waals surface area (Å²) in [5, 5.41) is 14.8.